The van der Waals surface area contributed by atoms with E-state index in [4.69, 9.17) is 5.11 Å². The molecule has 0 radical (unpaired) electrons. The van der Waals surface area contributed by atoms with E-state index >= 15 is 0 Å². The number of aryl methyl sites for hydroxylation is 2. The highest BCUT2D eigenvalue weighted by Gasteiger charge is 2.08. The maximum atomic E-state index is 12.2. The molecule has 0 unspecified atom stereocenters. The van der Waals surface area contributed by atoms with Crippen LogP contribution in [-0.2, 0) is 11.3 Å². The predicted molar refractivity (Wildman–Crippen MR) is 71.8 cm³/mol. The van der Waals surface area contributed by atoms with Crippen LogP contribution in [0.2, 0.25) is 0 Å². The number of pyridine rings is 1. The molecule has 18 heavy (non-hydrogen) atoms. The maximum absolute atomic E-state index is 12.2. The van der Waals surface area contributed by atoms with E-state index in [1.165, 1.54) is 6.08 Å². The number of unbranched alkanes of at least 4 members (excludes halogenated alkanes) is 1. The molecule has 0 aliphatic heterocycles. The van der Waals surface area contributed by atoms with Crippen molar-refractivity contribution in [3.05, 3.63) is 39.3 Å². The summed E-state index contributed by atoms with van der Waals surface area (Å²) in [6, 6.07) is 1.92. The molecule has 0 saturated heterocycles. The van der Waals surface area contributed by atoms with E-state index in [-0.39, 0.29) is 5.56 Å². The molecule has 4 heteroatoms. The number of carbonyl (C=O) groups is 1. The van der Waals surface area contributed by atoms with Crippen molar-refractivity contribution >= 4 is 12.0 Å². The van der Waals surface area contributed by atoms with Gasteiger partial charge in [-0.3, -0.25) is 4.79 Å². The fraction of sp³-hybridized carbons (Fsp3) is 0.429. The summed E-state index contributed by atoms with van der Waals surface area (Å²) in [5, 5.41) is 8.63. The van der Waals surface area contributed by atoms with Gasteiger partial charge in [0.1, 0.15) is 0 Å². The van der Waals surface area contributed by atoms with Crippen molar-refractivity contribution in [3.8, 4) is 0 Å². The first-order valence-electron chi connectivity index (χ1n) is 6.09. The summed E-state index contributed by atoms with van der Waals surface area (Å²) in [5.74, 6) is -1.05. The number of aromatic nitrogens is 1. The third-order valence-corrected chi connectivity index (χ3v) is 2.88. The van der Waals surface area contributed by atoms with Gasteiger partial charge < -0.3 is 9.67 Å². The van der Waals surface area contributed by atoms with Crippen LogP contribution in [0.25, 0.3) is 6.08 Å². The fourth-order valence-corrected chi connectivity index (χ4v) is 1.89. The summed E-state index contributed by atoms with van der Waals surface area (Å²) < 4.78 is 1.71. The van der Waals surface area contributed by atoms with Crippen LogP contribution in [0, 0.1) is 13.8 Å². The Hall–Kier alpha value is -1.84. The zero-order chi connectivity index (χ0) is 13.7. The average Bonchev–Trinajstić information content (AvgIpc) is 2.27. The Labute approximate surface area is 107 Å². The lowest BCUT2D eigenvalue weighted by molar-refractivity contribution is -0.131. The summed E-state index contributed by atoms with van der Waals surface area (Å²) in [6.45, 7) is 6.46. The van der Waals surface area contributed by atoms with Crippen LogP contribution >= 0.6 is 0 Å². The molecule has 98 valence electrons. The van der Waals surface area contributed by atoms with Gasteiger partial charge in [0.2, 0.25) is 0 Å². The molecule has 0 bridgehead atoms. The largest absolute Gasteiger partial charge is 0.478 e. The standard InChI is InChI=1S/C14H19NO3/c1-4-5-8-15-11(3)9-10(2)12(14(15)18)6-7-13(16)17/h6-7,9H,4-5,8H2,1-3H3,(H,16,17)/b7-6+. The molecular formula is C14H19NO3. The highest BCUT2D eigenvalue weighted by molar-refractivity contribution is 5.85. The molecular weight excluding hydrogens is 230 g/mol. The van der Waals surface area contributed by atoms with Gasteiger partial charge in [-0.1, -0.05) is 13.3 Å². The van der Waals surface area contributed by atoms with Crippen LogP contribution in [0.5, 0.6) is 0 Å². The number of carboxylic acids is 1. The second kappa shape index (κ2) is 6.19. The minimum Gasteiger partial charge on any atom is -0.478 e. The van der Waals surface area contributed by atoms with E-state index in [0.29, 0.717) is 12.1 Å². The molecule has 1 heterocycles. The van der Waals surface area contributed by atoms with Crippen molar-refractivity contribution in [2.75, 3.05) is 0 Å². The molecule has 0 fully saturated rings. The minimum absolute atomic E-state index is 0.113. The molecule has 1 rings (SSSR count). The van der Waals surface area contributed by atoms with Crippen molar-refractivity contribution in [1.29, 1.82) is 0 Å². The monoisotopic (exact) mass is 249 g/mol. The van der Waals surface area contributed by atoms with Gasteiger partial charge in [-0.25, -0.2) is 4.79 Å². The van der Waals surface area contributed by atoms with E-state index in [2.05, 4.69) is 6.92 Å². The van der Waals surface area contributed by atoms with Gasteiger partial charge in [-0.05, 0) is 38.0 Å². The quantitative estimate of drug-likeness (QED) is 0.815. The molecule has 0 amide bonds. The Morgan fingerprint density at radius 2 is 2.11 bits per heavy atom. The van der Waals surface area contributed by atoms with E-state index in [1.807, 2.05) is 19.9 Å². The smallest absolute Gasteiger partial charge is 0.328 e. The van der Waals surface area contributed by atoms with E-state index in [1.54, 1.807) is 4.57 Å². The third kappa shape index (κ3) is 3.32. The van der Waals surface area contributed by atoms with Crippen molar-refractivity contribution in [2.45, 2.75) is 40.2 Å². The number of aliphatic carboxylic acids is 1. The lowest BCUT2D eigenvalue weighted by Gasteiger charge is -2.12. The number of hydrogen-bond acceptors (Lipinski definition) is 2. The number of rotatable bonds is 5. The first kappa shape index (κ1) is 14.2. The van der Waals surface area contributed by atoms with Crippen molar-refractivity contribution < 1.29 is 9.90 Å². The lowest BCUT2D eigenvalue weighted by atomic mass is 10.1. The van der Waals surface area contributed by atoms with Gasteiger partial charge in [-0.2, -0.15) is 0 Å². The summed E-state index contributed by atoms with van der Waals surface area (Å²) in [5.41, 5.74) is 2.07. The predicted octanol–water partition coefficient (Wildman–Crippen LogP) is 2.36. The number of nitrogens with zero attached hydrogens (tertiary/aromatic N) is 1. The number of carboxylic acid groups (broad SMARTS) is 1. The second-order valence-corrected chi connectivity index (χ2v) is 4.36. The van der Waals surface area contributed by atoms with Gasteiger partial charge in [-0.15, -0.1) is 0 Å². The van der Waals surface area contributed by atoms with Crippen molar-refractivity contribution in [3.63, 3.8) is 0 Å². The molecule has 0 aromatic carbocycles. The zero-order valence-corrected chi connectivity index (χ0v) is 11.1. The maximum Gasteiger partial charge on any atom is 0.328 e. The van der Waals surface area contributed by atoms with Gasteiger partial charge in [0.15, 0.2) is 0 Å². The summed E-state index contributed by atoms with van der Waals surface area (Å²) >= 11 is 0. The molecule has 0 spiro atoms. The molecule has 1 aromatic rings. The van der Waals surface area contributed by atoms with Crippen LogP contribution in [0.3, 0.4) is 0 Å². The second-order valence-electron chi connectivity index (χ2n) is 4.36. The first-order chi connectivity index (χ1) is 8.47. The van der Waals surface area contributed by atoms with Gasteiger partial charge in [0.05, 0.1) is 0 Å². The average molecular weight is 249 g/mol. The van der Waals surface area contributed by atoms with Crippen molar-refractivity contribution in [1.82, 2.24) is 4.57 Å². The van der Waals surface area contributed by atoms with Crippen molar-refractivity contribution in [2.24, 2.45) is 0 Å². The molecule has 0 atom stereocenters. The zero-order valence-electron chi connectivity index (χ0n) is 11.1. The topological polar surface area (TPSA) is 59.3 Å². The summed E-state index contributed by atoms with van der Waals surface area (Å²) in [7, 11) is 0. The molecule has 0 aliphatic carbocycles. The Morgan fingerprint density at radius 3 is 2.67 bits per heavy atom. The Morgan fingerprint density at radius 1 is 1.44 bits per heavy atom. The lowest BCUT2D eigenvalue weighted by Crippen LogP contribution is -2.25. The third-order valence-electron chi connectivity index (χ3n) is 2.88. The molecule has 0 aliphatic rings. The summed E-state index contributed by atoms with van der Waals surface area (Å²) in [4.78, 5) is 22.8. The van der Waals surface area contributed by atoms with Crippen LogP contribution in [-0.4, -0.2) is 15.6 Å². The Kier molecular flexibility index (Phi) is 4.89. The molecule has 4 nitrogen and oxygen atoms in total. The van der Waals surface area contributed by atoms with Crippen LogP contribution in [0.4, 0.5) is 0 Å². The van der Waals surface area contributed by atoms with E-state index < -0.39 is 5.97 Å². The Balaban J connectivity index is 3.26. The van der Waals surface area contributed by atoms with Gasteiger partial charge >= 0.3 is 5.97 Å². The molecule has 1 aromatic heterocycles. The minimum atomic E-state index is -1.05. The highest BCUT2D eigenvalue weighted by Crippen LogP contribution is 2.09. The summed E-state index contributed by atoms with van der Waals surface area (Å²) in [6.07, 6.45) is 4.33. The van der Waals surface area contributed by atoms with Gasteiger partial charge in [0.25, 0.3) is 5.56 Å². The van der Waals surface area contributed by atoms with E-state index in [9.17, 15) is 9.59 Å². The Bertz CT molecular complexity index is 527. The van der Waals surface area contributed by atoms with Crippen LogP contribution < -0.4 is 5.56 Å². The fourth-order valence-electron chi connectivity index (χ4n) is 1.89. The molecule has 0 saturated carbocycles. The van der Waals surface area contributed by atoms with Gasteiger partial charge in [0, 0.05) is 23.9 Å². The number of hydrogen-bond donors (Lipinski definition) is 1. The van der Waals surface area contributed by atoms with Crippen LogP contribution in [0.15, 0.2) is 16.9 Å². The van der Waals surface area contributed by atoms with E-state index in [0.717, 1.165) is 30.2 Å². The first-order valence-corrected chi connectivity index (χ1v) is 6.09. The normalized spacial score (nSPS) is 11.1. The molecule has 1 N–H and O–H groups in total. The van der Waals surface area contributed by atoms with Crippen LogP contribution in [0.1, 0.15) is 36.6 Å². The SMILES string of the molecule is CCCCn1c(C)cc(C)c(/C=C/C(=O)O)c1=O. The highest BCUT2D eigenvalue weighted by atomic mass is 16.4.